The van der Waals surface area contributed by atoms with Gasteiger partial charge in [0, 0.05) is 31.7 Å². The average molecular weight is 858 g/mol. The zero-order chi connectivity index (χ0) is 32.3. The second-order valence-corrected chi connectivity index (χ2v) is 23.6. The van der Waals surface area contributed by atoms with Crippen LogP contribution in [0.2, 0.25) is 17.3 Å². The number of hydrogen-bond donors (Lipinski definition) is 0. The van der Waals surface area contributed by atoms with E-state index in [0.29, 0.717) is 5.92 Å². The third-order valence-corrected chi connectivity index (χ3v) is 12.3. The second kappa shape index (κ2) is 14.9. The SMILES string of the molecule is CC(C)Cc1cc(-c2[c-]cccc2)nc[c]1[Ge]([CH3])([CH3])[CH3].Fc1ccc(-c2ccc3c(c2)oc2c(-c4ccccn4)[c-]ccc23)cc1.[Ir]. The maximum Gasteiger partial charge on any atom is 0.123 e. The predicted molar refractivity (Wildman–Crippen MR) is 191 cm³/mol. The van der Waals surface area contributed by atoms with E-state index in [-0.39, 0.29) is 25.9 Å². The molecule has 1 radical (unpaired) electrons. The fourth-order valence-electron chi connectivity index (χ4n) is 5.75. The molecule has 0 N–H and O–H groups in total. The zero-order valence-corrected chi connectivity index (χ0v) is 31.8. The van der Waals surface area contributed by atoms with Crippen molar-refractivity contribution in [1.29, 1.82) is 0 Å². The number of pyridine rings is 2. The van der Waals surface area contributed by atoms with Gasteiger partial charge in [-0.25, -0.2) is 4.39 Å². The van der Waals surface area contributed by atoms with E-state index in [9.17, 15) is 4.39 Å². The van der Waals surface area contributed by atoms with Crippen molar-refractivity contribution in [3.8, 4) is 33.6 Å². The molecule has 0 saturated carbocycles. The van der Waals surface area contributed by atoms with Crippen LogP contribution in [0.3, 0.4) is 0 Å². The number of halogens is 1. The largest absolute Gasteiger partial charge is 0.501 e. The van der Waals surface area contributed by atoms with Gasteiger partial charge < -0.3 is 9.40 Å². The Balaban J connectivity index is 0.000000188. The molecule has 7 aromatic rings. The van der Waals surface area contributed by atoms with Gasteiger partial charge in [0.2, 0.25) is 0 Å². The van der Waals surface area contributed by atoms with Gasteiger partial charge in [0.15, 0.2) is 0 Å². The van der Waals surface area contributed by atoms with Gasteiger partial charge in [-0.05, 0) is 41.1 Å². The Morgan fingerprint density at radius 2 is 1.53 bits per heavy atom. The van der Waals surface area contributed by atoms with Crippen LogP contribution in [-0.4, -0.2) is 23.2 Å². The van der Waals surface area contributed by atoms with Gasteiger partial charge in [-0.2, -0.15) is 0 Å². The van der Waals surface area contributed by atoms with Crippen LogP contribution in [0, 0.1) is 23.9 Å². The van der Waals surface area contributed by atoms with Gasteiger partial charge >= 0.3 is 126 Å². The molecule has 0 aliphatic carbocycles. The summed E-state index contributed by atoms with van der Waals surface area (Å²) in [4.78, 5) is 9.11. The summed E-state index contributed by atoms with van der Waals surface area (Å²) in [7, 11) is 0. The summed E-state index contributed by atoms with van der Waals surface area (Å²) in [6, 6.07) is 39.1. The number of furan rings is 1. The molecule has 0 spiro atoms. The predicted octanol–water partition coefficient (Wildman–Crippen LogP) is 10.5. The number of benzene rings is 4. The van der Waals surface area contributed by atoms with Crippen molar-refractivity contribution < 1.29 is 28.9 Å². The molecule has 3 nitrogen and oxygen atoms in total. The Morgan fingerprint density at radius 3 is 2.21 bits per heavy atom. The normalized spacial score (nSPS) is 11.3. The van der Waals surface area contributed by atoms with Crippen molar-refractivity contribution in [2.24, 2.45) is 5.92 Å². The first kappa shape index (κ1) is 34.4. The van der Waals surface area contributed by atoms with Crippen LogP contribution in [0.15, 0.2) is 120 Å². The quantitative estimate of drug-likeness (QED) is 0.124. The molecular formula is C41H37FGeIrN2O-2. The molecule has 239 valence electrons. The van der Waals surface area contributed by atoms with E-state index in [1.807, 2.05) is 66.7 Å². The maximum absolute atomic E-state index is 13.2. The number of aromatic nitrogens is 2. The summed E-state index contributed by atoms with van der Waals surface area (Å²) in [5.41, 5.74) is 8.82. The fourth-order valence-corrected chi connectivity index (χ4v) is 9.08. The number of fused-ring (bicyclic) bond motifs is 3. The van der Waals surface area contributed by atoms with E-state index in [1.165, 1.54) is 17.7 Å². The van der Waals surface area contributed by atoms with Crippen molar-refractivity contribution >= 4 is 39.6 Å². The summed E-state index contributed by atoms with van der Waals surface area (Å²) >= 11 is -1.86. The molecule has 0 aliphatic heterocycles. The van der Waals surface area contributed by atoms with E-state index >= 15 is 0 Å². The van der Waals surface area contributed by atoms with Gasteiger partial charge in [-0.15, -0.1) is 18.2 Å². The number of nitrogens with zero attached hydrogens (tertiary/aromatic N) is 2. The van der Waals surface area contributed by atoms with Crippen molar-refractivity contribution in [3.05, 3.63) is 139 Å². The molecule has 0 atom stereocenters. The van der Waals surface area contributed by atoms with Crippen LogP contribution in [0.4, 0.5) is 4.39 Å². The summed E-state index contributed by atoms with van der Waals surface area (Å²) in [5, 5.41) is 2.07. The molecule has 0 fully saturated rings. The van der Waals surface area contributed by atoms with Gasteiger partial charge in [-0.3, -0.25) is 0 Å². The molecule has 0 saturated heterocycles. The first-order chi connectivity index (χ1) is 22.2. The van der Waals surface area contributed by atoms with Crippen LogP contribution >= 0.6 is 0 Å². The van der Waals surface area contributed by atoms with Gasteiger partial charge in [-0.1, -0.05) is 47.3 Å². The summed E-state index contributed by atoms with van der Waals surface area (Å²) in [6.45, 7) is 4.57. The van der Waals surface area contributed by atoms with Crippen molar-refractivity contribution in [3.63, 3.8) is 0 Å². The van der Waals surface area contributed by atoms with E-state index in [2.05, 4.69) is 66.6 Å². The third kappa shape index (κ3) is 7.98. The standard InChI is InChI=1S/C23H13FNO.C18H24GeN.Ir/c24-17-10-7-15(8-11-17)16-9-12-18-19-4-3-5-20(21-6-1-2-13-25-21)23(19)26-22(18)14-16;1-14(2)11-16-12-18(15-9-7-6-8-10-15)20-13-17(16)19(3,4)5;/h1-4,6-14H;6-9,12-14H,11H2,1-5H3;/q2*-1;. The molecule has 0 unspecified atom stereocenters. The van der Waals surface area contributed by atoms with E-state index in [4.69, 9.17) is 9.40 Å². The molecule has 3 aromatic heterocycles. The Bertz CT molecular complexity index is 2090. The number of rotatable bonds is 6. The number of hydrogen-bond acceptors (Lipinski definition) is 3. The summed E-state index contributed by atoms with van der Waals surface area (Å²) in [5.74, 6) is 7.75. The zero-order valence-electron chi connectivity index (χ0n) is 27.3. The van der Waals surface area contributed by atoms with Gasteiger partial charge in [0.1, 0.15) is 11.4 Å². The smallest absolute Gasteiger partial charge is 0.123 e. The van der Waals surface area contributed by atoms with Crippen molar-refractivity contribution in [2.45, 2.75) is 37.5 Å². The van der Waals surface area contributed by atoms with Gasteiger partial charge in [0.25, 0.3) is 0 Å². The van der Waals surface area contributed by atoms with E-state index in [0.717, 1.165) is 62.0 Å². The van der Waals surface area contributed by atoms with E-state index < -0.39 is 13.3 Å². The summed E-state index contributed by atoms with van der Waals surface area (Å²) < 4.78 is 20.9. The molecule has 47 heavy (non-hydrogen) atoms. The van der Waals surface area contributed by atoms with Crippen LogP contribution < -0.4 is 4.40 Å². The molecule has 0 bridgehead atoms. The molecule has 3 heterocycles. The first-order valence-electron chi connectivity index (χ1n) is 15.7. The Hall–Kier alpha value is -3.90. The molecule has 4 aromatic carbocycles. The summed E-state index contributed by atoms with van der Waals surface area (Å²) in [6.07, 6.45) is 5.03. The Kier molecular flexibility index (Phi) is 10.9. The van der Waals surface area contributed by atoms with E-state index in [1.54, 1.807) is 22.7 Å². The second-order valence-electron chi connectivity index (χ2n) is 13.0. The molecular weight excluding hydrogens is 820 g/mol. The monoisotopic (exact) mass is 859 g/mol. The molecule has 7 rings (SSSR count). The van der Waals surface area contributed by atoms with Crippen LogP contribution in [0.5, 0.6) is 0 Å². The molecule has 0 aliphatic rings. The average Bonchev–Trinajstić information content (AvgIpc) is 3.43. The molecule has 0 amide bonds. The topological polar surface area (TPSA) is 38.9 Å². The third-order valence-electron chi connectivity index (χ3n) is 7.94. The minimum absolute atomic E-state index is 0. The van der Waals surface area contributed by atoms with Crippen LogP contribution in [0.25, 0.3) is 55.6 Å². The van der Waals surface area contributed by atoms with Crippen molar-refractivity contribution in [1.82, 2.24) is 9.97 Å². The van der Waals surface area contributed by atoms with Crippen LogP contribution in [-0.2, 0) is 26.5 Å². The fraction of sp³-hybridized carbons (Fsp3) is 0.171. The first-order valence-corrected chi connectivity index (χ1v) is 23.0. The van der Waals surface area contributed by atoms with Gasteiger partial charge in [0.05, 0.1) is 5.58 Å². The van der Waals surface area contributed by atoms with Crippen LogP contribution in [0.1, 0.15) is 19.4 Å². The molecule has 6 heteroatoms. The minimum atomic E-state index is -1.86. The maximum atomic E-state index is 13.2. The minimum Gasteiger partial charge on any atom is -0.501 e. The Morgan fingerprint density at radius 1 is 0.766 bits per heavy atom. The van der Waals surface area contributed by atoms with Crippen molar-refractivity contribution in [2.75, 3.05) is 0 Å². The Labute approximate surface area is 293 Å².